The van der Waals surface area contributed by atoms with E-state index in [0.29, 0.717) is 12.2 Å². The van der Waals surface area contributed by atoms with E-state index in [1.54, 1.807) is 12.1 Å². The van der Waals surface area contributed by atoms with Gasteiger partial charge in [-0.25, -0.2) is 0 Å². The second-order valence-corrected chi connectivity index (χ2v) is 5.10. The van der Waals surface area contributed by atoms with Gasteiger partial charge in [0.05, 0.1) is 13.1 Å². The van der Waals surface area contributed by atoms with E-state index in [2.05, 4.69) is 16.0 Å². The van der Waals surface area contributed by atoms with Crippen molar-refractivity contribution in [3.05, 3.63) is 29.8 Å². The Labute approximate surface area is 129 Å². The third kappa shape index (κ3) is 6.36. The maximum absolute atomic E-state index is 11.6. The molecule has 0 spiro atoms. The molecule has 0 aliphatic rings. The van der Waals surface area contributed by atoms with Crippen molar-refractivity contribution in [3.63, 3.8) is 0 Å². The van der Waals surface area contributed by atoms with Gasteiger partial charge >= 0.3 is 0 Å². The summed E-state index contributed by atoms with van der Waals surface area (Å²) in [5, 5.41) is 7.85. The molecule has 0 heterocycles. The molecular weight excluding hydrogens is 284 g/mol. The van der Waals surface area contributed by atoms with Crippen LogP contribution in [0.5, 0.6) is 0 Å². The Balaban J connectivity index is 2.39. The minimum absolute atomic E-state index is 0.0447. The van der Waals surface area contributed by atoms with Gasteiger partial charge in [-0.3, -0.25) is 14.4 Å². The summed E-state index contributed by atoms with van der Waals surface area (Å²) >= 11 is 0. The van der Waals surface area contributed by atoms with Gasteiger partial charge in [0.1, 0.15) is 0 Å². The smallest absolute Gasteiger partial charge is 0.239 e. The van der Waals surface area contributed by atoms with Gasteiger partial charge in [0.2, 0.25) is 17.7 Å². The van der Waals surface area contributed by atoms with E-state index in [1.807, 2.05) is 26.0 Å². The van der Waals surface area contributed by atoms with E-state index >= 15 is 0 Å². The van der Waals surface area contributed by atoms with Crippen LogP contribution in [0.15, 0.2) is 24.3 Å². The molecule has 0 saturated carbocycles. The number of nitrogens with two attached hydrogens (primary N) is 1. The number of hydrogen-bond donors (Lipinski definition) is 4. The molecule has 0 atom stereocenters. The molecule has 1 rings (SSSR count). The number of rotatable bonds is 7. The summed E-state index contributed by atoms with van der Waals surface area (Å²) in [7, 11) is 0. The summed E-state index contributed by atoms with van der Waals surface area (Å²) in [6.45, 7) is 3.75. The van der Waals surface area contributed by atoms with Gasteiger partial charge in [-0.2, -0.15) is 0 Å². The molecule has 22 heavy (non-hydrogen) atoms. The van der Waals surface area contributed by atoms with Crippen molar-refractivity contribution in [2.24, 2.45) is 11.7 Å². The lowest BCUT2D eigenvalue weighted by Crippen LogP contribution is -2.39. The number of anilines is 1. The minimum atomic E-state index is -0.375. The average molecular weight is 306 g/mol. The average Bonchev–Trinajstić information content (AvgIpc) is 2.51. The first-order chi connectivity index (χ1) is 10.4. The molecule has 0 unspecified atom stereocenters. The number of benzene rings is 1. The standard InChI is InChI=1S/C15H22N4O3/c1-10(2)15(22)19-12-5-3-11(4-6-12)8-17-14(21)9-18-13(20)7-16/h3-6,10H,7-9,16H2,1-2H3,(H,17,21)(H,18,20)(H,19,22). The van der Waals surface area contributed by atoms with E-state index in [4.69, 9.17) is 5.73 Å². The van der Waals surface area contributed by atoms with Gasteiger partial charge in [-0.15, -0.1) is 0 Å². The zero-order chi connectivity index (χ0) is 16.5. The predicted molar refractivity (Wildman–Crippen MR) is 83.8 cm³/mol. The van der Waals surface area contributed by atoms with Crippen LogP contribution in [0.4, 0.5) is 5.69 Å². The van der Waals surface area contributed by atoms with Crippen molar-refractivity contribution < 1.29 is 14.4 Å². The number of carbonyl (C=O) groups excluding carboxylic acids is 3. The molecule has 120 valence electrons. The molecule has 1 aromatic rings. The molecule has 3 amide bonds. The quantitative estimate of drug-likeness (QED) is 0.566. The third-order valence-electron chi connectivity index (χ3n) is 2.87. The minimum Gasteiger partial charge on any atom is -0.350 e. The fourth-order valence-corrected chi connectivity index (χ4v) is 1.51. The fraction of sp³-hybridized carbons (Fsp3) is 0.400. The predicted octanol–water partition coefficient (Wildman–Crippen LogP) is -0.0278. The summed E-state index contributed by atoms with van der Waals surface area (Å²) in [6.07, 6.45) is 0. The molecular formula is C15H22N4O3. The van der Waals surface area contributed by atoms with Gasteiger partial charge in [0.15, 0.2) is 0 Å². The highest BCUT2D eigenvalue weighted by Gasteiger charge is 2.07. The van der Waals surface area contributed by atoms with Crippen LogP contribution in [-0.2, 0) is 20.9 Å². The van der Waals surface area contributed by atoms with Crippen LogP contribution >= 0.6 is 0 Å². The Bertz CT molecular complexity index is 526. The van der Waals surface area contributed by atoms with Crippen LogP contribution in [-0.4, -0.2) is 30.8 Å². The monoisotopic (exact) mass is 306 g/mol. The van der Waals surface area contributed by atoms with E-state index < -0.39 is 0 Å². The first-order valence-electron chi connectivity index (χ1n) is 7.05. The van der Waals surface area contributed by atoms with Crippen molar-refractivity contribution in [3.8, 4) is 0 Å². The highest BCUT2D eigenvalue weighted by atomic mass is 16.2. The SMILES string of the molecule is CC(C)C(=O)Nc1ccc(CNC(=O)CNC(=O)CN)cc1. The Morgan fingerprint density at radius 1 is 1.05 bits per heavy atom. The van der Waals surface area contributed by atoms with Gasteiger partial charge in [0, 0.05) is 18.2 Å². The molecule has 5 N–H and O–H groups in total. The van der Waals surface area contributed by atoms with E-state index in [0.717, 1.165) is 5.56 Å². The van der Waals surface area contributed by atoms with Crippen LogP contribution in [0.2, 0.25) is 0 Å². The molecule has 0 aliphatic carbocycles. The van der Waals surface area contributed by atoms with E-state index in [1.165, 1.54) is 0 Å². The van der Waals surface area contributed by atoms with Crippen molar-refractivity contribution in [2.75, 3.05) is 18.4 Å². The first-order valence-corrected chi connectivity index (χ1v) is 7.05. The zero-order valence-electron chi connectivity index (χ0n) is 12.8. The summed E-state index contributed by atoms with van der Waals surface area (Å²) in [4.78, 5) is 34.0. The van der Waals surface area contributed by atoms with Gasteiger partial charge in [0.25, 0.3) is 0 Å². The van der Waals surface area contributed by atoms with Gasteiger partial charge in [-0.1, -0.05) is 26.0 Å². The summed E-state index contributed by atoms with van der Waals surface area (Å²) in [6, 6.07) is 7.18. The highest BCUT2D eigenvalue weighted by Crippen LogP contribution is 2.10. The lowest BCUT2D eigenvalue weighted by Gasteiger charge is -2.09. The number of carbonyl (C=O) groups is 3. The first kappa shape index (κ1) is 17.6. The maximum Gasteiger partial charge on any atom is 0.239 e. The second-order valence-electron chi connectivity index (χ2n) is 5.10. The maximum atomic E-state index is 11.6. The Morgan fingerprint density at radius 3 is 2.23 bits per heavy atom. The second kappa shape index (κ2) is 8.78. The number of nitrogens with one attached hydrogen (secondary N) is 3. The molecule has 0 fully saturated rings. The van der Waals surface area contributed by atoms with Crippen LogP contribution in [0, 0.1) is 5.92 Å². The third-order valence-corrected chi connectivity index (χ3v) is 2.87. The Kier molecular flexibility index (Phi) is 7.04. The number of amides is 3. The molecule has 7 nitrogen and oxygen atoms in total. The largest absolute Gasteiger partial charge is 0.350 e. The van der Waals surface area contributed by atoms with Crippen LogP contribution in [0.3, 0.4) is 0 Å². The Hall–Kier alpha value is -2.41. The van der Waals surface area contributed by atoms with Crippen molar-refractivity contribution in [2.45, 2.75) is 20.4 Å². The Morgan fingerprint density at radius 2 is 1.68 bits per heavy atom. The lowest BCUT2D eigenvalue weighted by atomic mass is 10.1. The van der Waals surface area contributed by atoms with Gasteiger partial charge < -0.3 is 21.7 Å². The normalized spacial score (nSPS) is 10.2. The molecule has 0 bridgehead atoms. The number of hydrogen-bond acceptors (Lipinski definition) is 4. The summed E-state index contributed by atoms with van der Waals surface area (Å²) in [5.41, 5.74) is 6.72. The fourth-order valence-electron chi connectivity index (χ4n) is 1.51. The molecule has 0 aliphatic heterocycles. The molecule has 0 aromatic heterocycles. The molecule has 7 heteroatoms. The lowest BCUT2D eigenvalue weighted by molar-refractivity contribution is -0.125. The van der Waals surface area contributed by atoms with E-state index in [9.17, 15) is 14.4 Å². The van der Waals surface area contributed by atoms with Crippen LogP contribution in [0.1, 0.15) is 19.4 Å². The summed E-state index contributed by atoms with van der Waals surface area (Å²) < 4.78 is 0. The summed E-state index contributed by atoms with van der Waals surface area (Å²) in [5.74, 6) is -0.793. The van der Waals surface area contributed by atoms with Crippen LogP contribution in [0.25, 0.3) is 0 Å². The van der Waals surface area contributed by atoms with Crippen molar-refractivity contribution in [1.82, 2.24) is 10.6 Å². The zero-order valence-corrected chi connectivity index (χ0v) is 12.8. The molecule has 0 radical (unpaired) electrons. The van der Waals surface area contributed by atoms with Gasteiger partial charge in [-0.05, 0) is 17.7 Å². The topological polar surface area (TPSA) is 113 Å². The highest BCUT2D eigenvalue weighted by molar-refractivity contribution is 5.92. The van der Waals surface area contributed by atoms with Crippen molar-refractivity contribution >= 4 is 23.4 Å². The molecule has 1 aromatic carbocycles. The molecule has 0 saturated heterocycles. The van der Waals surface area contributed by atoms with Crippen LogP contribution < -0.4 is 21.7 Å². The van der Waals surface area contributed by atoms with Crippen molar-refractivity contribution in [1.29, 1.82) is 0 Å². The van der Waals surface area contributed by atoms with E-state index in [-0.39, 0.29) is 36.7 Å².